The van der Waals surface area contributed by atoms with Gasteiger partial charge in [-0.2, -0.15) is 0 Å². The zero-order valence-corrected chi connectivity index (χ0v) is 11.6. The van der Waals surface area contributed by atoms with Gasteiger partial charge in [0.1, 0.15) is 0 Å². The van der Waals surface area contributed by atoms with Crippen LogP contribution in [0.4, 0.5) is 4.79 Å². The second kappa shape index (κ2) is 6.70. The summed E-state index contributed by atoms with van der Waals surface area (Å²) in [4.78, 5) is 11.5. The molecule has 0 aliphatic carbocycles. The van der Waals surface area contributed by atoms with Crippen LogP contribution in [0.15, 0.2) is 34.7 Å². The summed E-state index contributed by atoms with van der Waals surface area (Å²) in [5.41, 5.74) is 0.857. The Labute approximate surface area is 117 Å². The van der Waals surface area contributed by atoms with Crippen molar-refractivity contribution in [2.24, 2.45) is 5.92 Å². The number of nitrogens with one attached hydrogen (secondary N) is 2. The molecule has 1 heterocycles. The predicted octanol–water partition coefficient (Wildman–Crippen LogP) is 2.19. The van der Waals surface area contributed by atoms with Crippen molar-refractivity contribution in [2.45, 2.75) is 20.4 Å². The van der Waals surface area contributed by atoms with Crippen molar-refractivity contribution in [2.75, 3.05) is 6.54 Å². The summed E-state index contributed by atoms with van der Waals surface area (Å²) in [7, 11) is 0. The topological polar surface area (TPSA) is 80.0 Å². The second-order valence-corrected chi connectivity index (χ2v) is 4.82. The van der Waals surface area contributed by atoms with Crippen molar-refractivity contribution < 1.29 is 9.21 Å². The van der Waals surface area contributed by atoms with E-state index in [1.807, 2.05) is 44.2 Å². The number of urea groups is 1. The SMILES string of the molecule is CC(C)CNC(=O)NCc1nnc(-c2ccccc2)o1. The van der Waals surface area contributed by atoms with E-state index in [0.29, 0.717) is 24.2 Å². The van der Waals surface area contributed by atoms with Gasteiger partial charge in [-0.3, -0.25) is 0 Å². The van der Waals surface area contributed by atoms with Gasteiger partial charge < -0.3 is 15.1 Å². The van der Waals surface area contributed by atoms with Crippen molar-refractivity contribution in [3.05, 3.63) is 36.2 Å². The molecular weight excluding hydrogens is 256 g/mol. The predicted molar refractivity (Wildman–Crippen MR) is 74.8 cm³/mol. The fourth-order valence-corrected chi connectivity index (χ4v) is 1.54. The molecule has 0 saturated carbocycles. The second-order valence-electron chi connectivity index (χ2n) is 4.82. The third-order valence-electron chi connectivity index (χ3n) is 2.56. The monoisotopic (exact) mass is 274 g/mol. The van der Waals surface area contributed by atoms with E-state index >= 15 is 0 Å². The maximum atomic E-state index is 11.5. The van der Waals surface area contributed by atoms with E-state index in [0.717, 1.165) is 5.56 Å². The lowest BCUT2D eigenvalue weighted by Gasteiger charge is -2.07. The maximum absolute atomic E-state index is 11.5. The number of carbonyl (C=O) groups excluding carboxylic acids is 1. The molecule has 0 unspecified atom stereocenters. The highest BCUT2D eigenvalue weighted by atomic mass is 16.4. The molecule has 2 aromatic rings. The number of nitrogens with zero attached hydrogens (tertiary/aromatic N) is 2. The number of carbonyl (C=O) groups is 1. The molecule has 0 radical (unpaired) electrons. The van der Waals surface area contributed by atoms with Crippen LogP contribution in [0.3, 0.4) is 0 Å². The lowest BCUT2D eigenvalue weighted by atomic mass is 10.2. The Hall–Kier alpha value is -2.37. The Kier molecular flexibility index (Phi) is 4.70. The molecule has 6 heteroatoms. The molecule has 0 aliphatic rings. The molecular formula is C14H18N4O2. The van der Waals surface area contributed by atoms with Crippen LogP contribution in [-0.2, 0) is 6.54 Å². The van der Waals surface area contributed by atoms with Gasteiger partial charge in [0.2, 0.25) is 11.8 Å². The number of hydrogen-bond donors (Lipinski definition) is 2. The first-order valence-electron chi connectivity index (χ1n) is 6.54. The number of hydrogen-bond acceptors (Lipinski definition) is 4. The van der Waals surface area contributed by atoms with Crippen molar-refractivity contribution in [1.29, 1.82) is 0 Å². The minimum Gasteiger partial charge on any atom is -0.419 e. The molecule has 1 aromatic heterocycles. The number of aromatic nitrogens is 2. The van der Waals surface area contributed by atoms with E-state index in [9.17, 15) is 4.79 Å². The van der Waals surface area contributed by atoms with Gasteiger partial charge in [-0.05, 0) is 18.1 Å². The Morgan fingerprint density at radius 2 is 1.95 bits per heavy atom. The molecule has 106 valence electrons. The lowest BCUT2D eigenvalue weighted by molar-refractivity contribution is 0.238. The minimum absolute atomic E-state index is 0.212. The minimum atomic E-state index is -0.238. The van der Waals surface area contributed by atoms with E-state index < -0.39 is 0 Å². The molecule has 20 heavy (non-hydrogen) atoms. The summed E-state index contributed by atoms with van der Waals surface area (Å²) in [6, 6.07) is 9.26. The molecule has 0 fully saturated rings. The first-order valence-corrected chi connectivity index (χ1v) is 6.54. The molecule has 6 nitrogen and oxygen atoms in total. The Morgan fingerprint density at radius 3 is 2.65 bits per heavy atom. The van der Waals surface area contributed by atoms with Crippen LogP contribution in [0.2, 0.25) is 0 Å². The van der Waals surface area contributed by atoms with Crippen LogP contribution < -0.4 is 10.6 Å². The average Bonchev–Trinajstić information content (AvgIpc) is 2.93. The van der Waals surface area contributed by atoms with E-state index in [2.05, 4.69) is 20.8 Å². The highest BCUT2D eigenvalue weighted by Crippen LogP contribution is 2.16. The van der Waals surface area contributed by atoms with Crippen LogP contribution in [0.25, 0.3) is 11.5 Å². The van der Waals surface area contributed by atoms with Gasteiger partial charge in [-0.1, -0.05) is 32.0 Å². The summed E-state index contributed by atoms with van der Waals surface area (Å²) in [6.07, 6.45) is 0. The molecule has 0 atom stereocenters. The molecule has 0 aliphatic heterocycles. The van der Waals surface area contributed by atoms with Crippen LogP contribution in [0.1, 0.15) is 19.7 Å². The number of benzene rings is 1. The summed E-state index contributed by atoms with van der Waals surface area (Å²) in [5.74, 6) is 1.24. The van der Waals surface area contributed by atoms with E-state index in [-0.39, 0.29) is 12.6 Å². The first-order chi connectivity index (χ1) is 9.65. The lowest BCUT2D eigenvalue weighted by Crippen LogP contribution is -2.37. The Morgan fingerprint density at radius 1 is 1.20 bits per heavy atom. The van der Waals surface area contributed by atoms with Gasteiger partial charge in [-0.15, -0.1) is 10.2 Å². The van der Waals surface area contributed by atoms with Crippen molar-refractivity contribution in [1.82, 2.24) is 20.8 Å². The third-order valence-corrected chi connectivity index (χ3v) is 2.56. The third kappa shape index (κ3) is 4.08. The average molecular weight is 274 g/mol. The van der Waals surface area contributed by atoms with E-state index in [4.69, 9.17) is 4.42 Å². The molecule has 0 saturated heterocycles. The Balaban J connectivity index is 1.86. The van der Waals surface area contributed by atoms with Crippen molar-refractivity contribution >= 4 is 6.03 Å². The highest BCUT2D eigenvalue weighted by molar-refractivity contribution is 5.73. The van der Waals surface area contributed by atoms with Crippen LogP contribution in [-0.4, -0.2) is 22.8 Å². The smallest absolute Gasteiger partial charge is 0.315 e. The molecule has 1 aromatic carbocycles. The highest BCUT2D eigenvalue weighted by Gasteiger charge is 2.09. The van der Waals surface area contributed by atoms with Crippen molar-refractivity contribution in [3.63, 3.8) is 0 Å². The standard InChI is InChI=1S/C14H18N4O2/c1-10(2)8-15-14(19)16-9-12-17-18-13(20-12)11-6-4-3-5-7-11/h3-7,10H,8-9H2,1-2H3,(H2,15,16,19). The quantitative estimate of drug-likeness (QED) is 0.875. The van der Waals surface area contributed by atoms with Gasteiger partial charge in [0.25, 0.3) is 0 Å². The zero-order valence-electron chi connectivity index (χ0n) is 11.6. The van der Waals surface area contributed by atoms with E-state index in [1.165, 1.54) is 0 Å². The van der Waals surface area contributed by atoms with Crippen LogP contribution in [0, 0.1) is 5.92 Å². The van der Waals surface area contributed by atoms with Crippen LogP contribution in [0.5, 0.6) is 0 Å². The van der Waals surface area contributed by atoms with Gasteiger partial charge in [0, 0.05) is 12.1 Å². The summed E-state index contributed by atoms with van der Waals surface area (Å²) >= 11 is 0. The summed E-state index contributed by atoms with van der Waals surface area (Å²) in [6.45, 7) is 4.91. The first kappa shape index (κ1) is 14.0. The van der Waals surface area contributed by atoms with Gasteiger partial charge >= 0.3 is 6.03 Å². The normalized spacial score (nSPS) is 10.6. The number of rotatable bonds is 5. The van der Waals surface area contributed by atoms with E-state index in [1.54, 1.807) is 0 Å². The van der Waals surface area contributed by atoms with Gasteiger partial charge in [0.05, 0.1) is 6.54 Å². The Bertz CT molecular complexity index is 551. The van der Waals surface area contributed by atoms with Crippen molar-refractivity contribution in [3.8, 4) is 11.5 Å². The fourth-order valence-electron chi connectivity index (χ4n) is 1.54. The fraction of sp³-hybridized carbons (Fsp3) is 0.357. The zero-order chi connectivity index (χ0) is 14.4. The number of amides is 2. The van der Waals surface area contributed by atoms with Gasteiger partial charge in [-0.25, -0.2) is 4.79 Å². The van der Waals surface area contributed by atoms with Gasteiger partial charge in [0.15, 0.2) is 0 Å². The summed E-state index contributed by atoms with van der Waals surface area (Å²) < 4.78 is 5.48. The van der Waals surface area contributed by atoms with Crippen LogP contribution >= 0.6 is 0 Å². The summed E-state index contributed by atoms with van der Waals surface area (Å²) in [5, 5.41) is 13.3. The molecule has 0 bridgehead atoms. The molecule has 2 N–H and O–H groups in total. The molecule has 0 spiro atoms. The largest absolute Gasteiger partial charge is 0.419 e. The molecule has 2 amide bonds. The maximum Gasteiger partial charge on any atom is 0.315 e. The molecule has 2 rings (SSSR count).